The van der Waals surface area contributed by atoms with Crippen LogP contribution in [-0.2, 0) is 0 Å². The third-order valence-electron chi connectivity index (χ3n) is 5.97. The molecule has 34 heavy (non-hydrogen) atoms. The second-order valence-electron chi connectivity index (χ2n) is 7.71. The number of nitrogens with zero attached hydrogens (tertiary/aromatic N) is 2. The van der Waals surface area contributed by atoms with Crippen molar-refractivity contribution in [2.75, 3.05) is 0 Å². The van der Waals surface area contributed by atoms with Crippen molar-refractivity contribution in [2.45, 2.75) is 5.92 Å². The minimum absolute atomic E-state index is 0.0276. The molecule has 9 nitrogen and oxygen atoms in total. The fourth-order valence-corrected chi connectivity index (χ4v) is 4.78. The summed E-state index contributed by atoms with van der Waals surface area (Å²) in [7, 11) is 0. The van der Waals surface area contributed by atoms with Crippen molar-refractivity contribution in [3.05, 3.63) is 119 Å². The van der Waals surface area contributed by atoms with Crippen LogP contribution < -0.4 is 0 Å². The summed E-state index contributed by atoms with van der Waals surface area (Å²) in [6.45, 7) is 0. The highest BCUT2D eigenvalue weighted by molar-refractivity contribution is 6.44. The number of rotatable bonds is 3. The number of hydrogen-bond acceptors (Lipinski definition) is 7. The Hall–Kier alpha value is -4.50. The zero-order chi connectivity index (χ0) is 24.3. The van der Waals surface area contributed by atoms with Crippen LogP contribution in [0.3, 0.4) is 0 Å². The molecule has 0 aromatic heterocycles. The van der Waals surface area contributed by atoms with E-state index in [2.05, 4.69) is 0 Å². The first kappa shape index (κ1) is 21.4. The van der Waals surface area contributed by atoms with E-state index in [1.54, 1.807) is 30.3 Å². The fourth-order valence-electron chi connectivity index (χ4n) is 4.54. The zero-order valence-electron chi connectivity index (χ0n) is 17.0. The minimum atomic E-state index is -1.42. The maximum absolute atomic E-state index is 13.5. The van der Waals surface area contributed by atoms with Gasteiger partial charge in [0, 0.05) is 22.3 Å². The molecule has 0 radical (unpaired) electrons. The molecule has 5 rings (SSSR count). The lowest BCUT2D eigenvalue weighted by Gasteiger charge is -2.15. The monoisotopic (exact) mass is 474 g/mol. The number of carbonyl (C=O) groups is 3. The number of hydrogen-bond donors (Lipinski definition) is 0. The molecule has 0 amide bonds. The van der Waals surface area contributed by atoms with Gasteiger partial charge in [-0.1, -0.05) is 60.1 Å². The number of Topliss-reactive ketones (excluding diaryl/α,β-unsaturated/α-hetero) is 3. The van der Waals surface area contributed by atoms with Gasteiger partial charge in [-0.25, -0.2) is 0 Å². The summed E-state index contributed by atoms with van der Waals surface area (Å²) in [5.41, 5.74) is -1.07. The maximum atomic E-state index is 13.5. The van der Waals surface area contributed by atoms with E-state index >= 15 is 0 Å². The topological polar surface area (TPSA) is 137 Å². The van der Waals surface area contributed by atoms with Crippen LogP contribution in [0.2, 0.25) is 5.02 Å². The molecule has 0 bridgehead atoms. The number of halogens is 1. The summed E-state index contributed by atoms with van der Waals surface area (Å²) in [4.78, 5) is 61.5. The van der Waals surface area contributed by atoms with Crippen molar-refractivity contribution in [2.24, 2.45) is 0 Å². The molecular weight excluding hydrogens is 464 g/mol. The summed E-state index contributed by atoms with van der Waals surface area (Å²) in [5.74, 6) is -3.20. The molecular formula is C24H11ClN2O7. The summed E-state index contributed by atoms with van der Waals surface area (Å²) >= 11 is 6.05. The third-order valence-corrected chi connectivity index (χ3v) is 6.28. The van der Waals surface area contributed by atoms with E-state index in [-0.39, 0.29) is 33.4 Å². The van der Waals surface area contributed by atoms with E-state index in [0.29, 0.717) is 11.6 Å². The molecule has 2 aliphatic rings. The van der Waals surface area contributed by atoms with Crippen LogP contribution in [0.25, 0.3) is 5.57 Å². The number of fused-ring (bicyclic) bond motifs is 2. The molecule has 0 heterocycles. The average molecular weight is 475 g/mol. The van der Waals surface area contributed by atoms with E-state index in [4.69, 9.17) is 11.6 Å². The normalized spacial score (nSPS) is 16.6. The van der Waals surface area contributed by atoms with Crippen LogP contribution in [0.15, 0.2) is 66.2 Å². The highest BCUT2D eigenvalue weighted by atomic mass is 35.5. The van der Waals surface area contributed by atoms with Crippen molar-refractivity contribution in [1.29, 1.82) is 0 Å². The summed E-state index contributed by atoms with van der Waals surface area (Å²) < 4.78 is 0. The molecule has 0 saturated heterocycles. The number of carbonyl (C=O) groups excluding carboxylic acids is 3. The Labute approximate surface area is 195 Å². The zero-order valence-corrected chi connectivity index (χ0v) is 17.7. The van der Waals surface area contributed by atoms with Gasteiger partial charge < -0.3 is 0 Å². The maximum Gasteiger partial charge on any atom is 0.294 e. The summed E-state index contributed by atoms with van der Waals surface area (Å²) in [6.07, 6.45) is 0. The van der Waals surface area contributed by atoms with Gasteiger partial charge in [-0.05, 0) is 17.2 Å². The molecule has 0 unspecified atom stereocenters. The molecule has 0 fully saturated rings. The Kier molecular flexibility index (Phi) is 4.73. The standard InChI is InChI=1S/C24H11ClN2O7/c25-16-9-15(17(26(31)32)10-18(16)27(33)34)20-19(11-5-1-2-6-12(11)22(20)28)21-23(29)13-7-3-4-8-14(13)24(21)30/h1-10,20H/t20-/m0/s1. The molecule has 0 aliphatic heterocycles. The van der Waals surface area contributed by atoms with Gasteiger partial charge in [-0.15, -0.1) is 0 Å². The number of nitro groups is 2. The fraction of sp³-hybridized carbons (Fsp3) is 0.0417. The van der Waals surface area contributed by atoms with Gasteiger partial charge in [0.1, 0.15) is 5.02 Å². The van der Waals surface area contributed by atoms with Crippen molar-refractivity contribution >= 4 is 45.9 Å². The predicted octanol–water partition coefficient (Wildman–Crippen LogP) is 4.97. The number of ketones is 3. The largest absolute Gasteiger partial charge is 0.294 e. The Morgan fingerprint density at radius 2 is 1.21 bits per heavy atom. The van der Waals surface area contributed by atoms with Crippen LogP contribution in [0.4, 0.5) is 11.4 Å². The Morgan fingerprint density at radius 1 is 0.706 bits per heavy atom. The Bertz CT molecular complexity index is 1500. The van der Waals surface area contributed by atoms with Gasteiger partial charge in [-0.3, -0.25) is 34.6 Å². The van der Waals surface area contributed by atoms with Gasteiger partial charge in [0.2, 0.25) is 0 Å². The van der Waals surface area contributed by atoms with Gasteiger partial charge in [0.05, 0.1) is 27.4 Å². The highest BCUT2D eigenvalue weighted by Gasteiger charge is 2.46. The number of allylic oxidation sites excluding steroid dienone is 2. The number of nitro benzene ring substituents is 2. The van der Waals surface area contributed by atoms with E-state index in [0.717, 1.165) is 6.07 Å². The average Bonchev–Trinajstić information content (AvgIpc) is 3.23. The summed E-state index contributed by atoms with van der Waals surface area (Å²) in [6, 6.07) is 14.1. The molecule has 0 N–H and O–H groups in total. The molecule has 3 aromatic carbocycles. The van der Waals surface area contributed by atoms with Crippen molar-refractivity contribution in [3.8, 4) is 0 Å². The molecule has 3 aromatic rings. The van der Waals surface area contributed by atoms with Crippen molar-refractivity contribution in [3.63, 3.8) is 0 Å². The highest BCUT2D eigenvalue weighted by Crippen LogP contribution is 2.50. The lowest BCUT2D eigenvalue weighted by Crippen LogP contribution is -2.14. The van der Waals surface area contributed by atoms with E-state index in [1.807, 2.05) is 0 Å². The number of benzene rings is 3. The predicted molar refractivity (Wildman–Crippen MR) is 120 cm³/mol. The SMILES string of the molecule is O=C1C(=C2c3ccccc3C(=O)[C@H]2c2cc(Cl)c([N+](=O)[O-])cc2[N+](=O)[O-])C(=O)c2ccccc21. The minimum Gasteiger partial charge on any atom is -0.293 e. The van der Waals surface area contributed by atoms with Crippen LogP contribution in [-0.4, -0.2) is 27.2 Å². The van der Waals surface area contributed by atoms with Crippen molar-refractivity contribution in [1.82, 2.24) is 0 Å². The lowest BCUT2D eigenvalue weighted by atomic mass is 9.85. The van der Waals surface area contributed by atoms with Gasteiger partial charge in [0.25, 0.3) is 11.4 Å². The molecule has 166 valence electrons. The quantitative estimate of drug-likeness (QED) is 0.226. The van der Waals surface area contributed by atoms with Crippen LogP contribution in [0.5, 0.6) is 0 Å². The second kappa shape index (κ2) is 7.53. The van der Waals surface area contributed by atoms with Crippen molar-refractivity contribution < 1.29 is 24.2 Å². The Balaban J connectivity index is 1.85. The van der Waals surface area contributed by atoms with Gasteiger partial charge >= 0.3 is 0 Å². The molecule has 2 aliphatic carbocycles. The van der Waals surface area contributed by atoms with Gasteiger partial charge in [-0.2, -0.15) is 0 Å². The molecule has 1 atom stereocenters. The molecule has 0 saturated carbocycles. The lowest BCUT2D eigenvalue weighted by molar-refractivity contribution is -0.394. The molecule has 10 heteroatoms. The first-order valence-electron chi connectivity index (χ1n) is 9.90. The molecule has 0 spiro atoms. The van der Waals surface area contributed by atoms with Crippen LogP contribution in [0.1, 0.15) is 48.1 Å². The van der Waals surface area contributed by atoms with E-state index in [9.17, 15) is 34.6 Å². The van der Waals surface area contributed by atoms with E-state index in [1.165, 1.54) is 18.2 Å². The first-order chi connectivity index (χ1) is 16.2. The second-order valence-corrected chi connectivity index (χ2v) is 8.12. The van der Waals surface area contributed by atoms with Crippen LogP contribution >= 0.6 is 11.6 Å². The first-order valence-corrected chi connectivity index (χ1v) is 10.3. The summed E-state index contributed by atoms with van der Waals surface area (Å²) in [5, 5.41) is 22.7. The van der Waals surface area contributed by atoms with Crippen LogP contribution in [0, 0.1) is 20.2 Å². The van der Waals surface area contributed by atoms with E-state index < -0.39 is 49.5 Å². The van der Waals surface area contributed by atoms with Gasteiger partial charge in [0.15, 0.2) is 17.3 Å². The smallest absolute Gasteiger partial charge is 0.293 e. The Morgan fingerprint density at radius 3 is 1.74 bits per heavy atom. The third kappa shape index (κ3) is 2.91.